The van der Waals surface area contributed by atoms with Gasteiger partial charge in [0, 0.05) is 60.6 Å². The average molecular weight is 768 g/mol. The van der Waals surface area contributed by atoms with E-state index >= 15 is 0 Å². The number of ether oxygens (including phenoxy) is 2. The molecular formula is C33H35IrN8O2-3. The number of rotatable bonds is 5. The summed E-state index contributed by atoms with van der Waals surface area (Å²) in [6.45, 7) is 8.28. The van der Waals surface area contributed by atoms with Gasteiger partial charge in [-0.05, 0) is 45.5 Å². The van der Waals surface area contributed by atoms with Crippen molar-refractivity contribution in [3.63, 3.8) is 0 Å². The van der Waals surface area contributed by atoms with E-state index in [0.717, 1.165) is 40.0 Å². The molecule has 44 heavy (non-hydrogen) atoms. The Morgan fingerprint density at radius 1 is 0.773 bits per heavy atom. The zero-order chi connectivity index (χ0) is 30.9. The summed E-state index contributed by atoms with van der Waals surface area (Å²) in [5, 5.41) is 10.8. The average Bonchev–Trinajstić information content (AvgIpc) is 3.75. The van der Waals surface area contributed by atoms with Gasteiger partial charge >= 0.3 is 0 Å². The van der Waals surface area contributed by atoms with Crippen molar-refractivity contribution in [1.29, 1.82) is 0 Å². The topological polar surface area (TPSA) is 88.9 Å². The van der Waals surface area contributed by atoms with Gasteiger partial charge in [0.25, 0.3) is 0 Å². The van der Waals surface area contributed by atoms with Crippen LogP contribution < -0.4 is 23.7 Å². The van der Waals surface area contributed by atoms with Crippen LogP contribution in [0.4, 0.5) is 0 Å². The van der Waals surface area contributed by atoms with E-state index in [0.29, 0.717) is 5.69 Å². The first-order valence-electron chi connectivity index (χ1n) is 13.5. The van der Waals surface area contributed by atoms with Gasteiger partial charge in [-0.25, -0.2) is 0 Å². The number of pyridine rings is 1. The second-order valence-electron chi connectivity index (χ2n) is 9.59. The first kappa shape index (κ1) is 33.9. The molecule has 6 rings (SSSR count). The van der Waals surface area contributed by atoms with E-state index in [1.807, 2.05) is 87.0 Å². The first-order chi connectivity index (χ1) is 20.7. The maximum absolute atomic E-state index is 5.20. The molecule has 0 aliphatic rings. The number of nitrogens with zero attached hydrogens (tertiary/aromatic N) is 8. The summed E-state index contributed by atoms with van der Waals surface area (Å²) >= 11 is 0. The molecule has 0 aliphatic heterocycles. The Labute approximate surface area is 272 Å². The minimum atomic E-state index is 0. The van der Waals surface area contributed by atoms with Crippen molar-refractivity contribution in [1.82, 2.24) is 29.5 Å². The maximum Gasteiger partial charge on any atom is 0.241 e. The van der Waals surface area contributed by atoms with E-state index in [1.165, 1.54) is 11.4 Å². The Morgan fingerprint density at radius 2 is 1.30 bits per heavy atom. The van der Waals surface area contributed by atoms with Gasteiger partial charge in [0.2, 0.25) is 12.7 Å². The van der Waals surface area contributed by atoms with Crippen LogP contribution in [0.3, 0.4) is 0 Å². The van der Waals surface area contributed by atoms with Crippen LogP contribution in [0.1, 0.15) is 22.8 Å². The molecule has 0 N–H and O–H groups in total. The van der Waals surface area contributed by atoms with Crippen molar-refractivity contribution in [3.05, 3.63) is 115 Å². The van der Waals surface area contributed by atoms with Crippen LogP contribution in [0.15, 0.2) is 67.0 Å². The van der Waals surface area contributed by atoms with Gasteiger partial charge in [-0.2, -0.15) is 24.3 Å². The molecule has 0 saturated carbocycles. The largest absolute Gasteiger partial charge is 0.523 e. The molecule has 4 aromatic heterocycles. The molecule has 1 radical (unpaired) electrons. The van der Waals surface area contributed by atoms with Gasteiger partial charge in [-0.15, -0.1) is 24.3 Å². The van der Waals surface area contributed by atoms with Crippen molar-refractivity contribution in [2.24, 2.45) is 14.1 Å². The third-order valence-electron chi connectivity index (χ3n) is 7.00. The molecule has 0 bridgehead atoms. The van der Waals surface area contributed by atoms with Crippen LogP contribution in [0.2, 0.25) is 0 Å². The van der Waals surface area contributed by atoms with Gasteiger partial charge in [0.1, 0.15) is 0 Å². The molecule has 0 amide bonds. The minimum Gasteiger partial charge on any atom is -0.523 e. The van der Waals surface area contributed by atoms with Gasteiger partial charge in [-0.3, -0.25) is 10.2 Å². The zero-order valence-electron chi connectivity index (χ0n) is 26.1. The number of methoxy groups -OCH3 is 2. The van der Waals surface area contributed by atoms with Crippen LogP contribution in [-0.2, 0) is 34.2 Å². The van der Waals surface area contributed by atoms with E-state index in [-0.39, 0.29) is 20.1 Å². The fourth-order valence-corrected chi connectivity index (χ4v) is 4.07. The second-order valence-corrected chi connectivity index (χ2v) is 9.59. The number of imidazole rings is 2. The van der Waals surface area contributed by atoms with Crippen molar-refractivity contribution in [2.45, 2.75) is 27.7 Å². The van der Waals surface area contributed by atoms with E-state index in [2.05, 4.69) is 72.9 Å². The number of aromatic nitrogens is 8. The molecule has 10 nitrogen and oxygen atoms in total. The zero-order valence-corrected chi connectivity index (χ0v) is 28.5. The van der Waals surface area contributed by atoms with Crippen LogP contribution in [0, 0.1) is 52.5 Å². The van der Waals surface area contributed by atoms with Crippen molar-refractivity contribution >= 4 is 0 Å². The molecule has 2 aromatic carbocycles. The Bertz CT molecular complexity index is 1670. The monoisotopic (exact) mass is 768 g/mol. The molecule has 11 heteroatoms. The summed E-state index contributed by atoms with van der Waals surface area (Å²) in [6.07, 6.45) is 9.75. The Hall–Kier alpha value is -4.60. The van der Waals surface area contributed by atoms with Gasteiger partial charge in [0.15, 0.2) is 0 Å². The van der Waals surface area contributed by atoms with Crippen molar-refractivity contribution in [2.75, 3.05) is 14.2 Å². The Morgan fingerprint density at radius 3 is 1.66 bits per heavy atom. The third kappa shape index (κ3) is 8.06. The van der Waals surface area contributed by atoms with E-state index in [4.69, 9.17) is 9.47 Å². The summed E-state index contributed by atoms with van der Waals surface area (Å²) in [5.74, 6) is 1.66. The van der Waals surface area contributed by atoms with Crippen LogP contribution in [0.5, 0.6) is 11.5 Å². The normalized spacial score (nSPS) is 10.1. The second kappa shape index (κ2) is 15.7. The summed E-state index contributed by atoms with van der Waals surface area (Å²) in [7, 11) is 7.30. The summed E-state index contributed by atoms with van der Waals surface area (Å²) in [6, 6.07) is 23.4. The van der Waals surface area contributed by atoms with Crippen LogP contribution in [-0.4, -0.2) is 38.6 Å². The summed E-state index contributed by atoms with van der Waals surface area (Å²) < 4.78 is 18.3. The van der Waals surface area contributed by atoms with E-state index in [9.17, 15) is 0 Å². The Balaban J connectivity index is 0.000000181. The molecule has 0 aliphatic carbocycles. The standard InChI is InChI=1S/2C13H15N2O.C7H5N4.Ir/c2*1-10-11(2)15(9-14(10)3)12-6-5-7-13(8-12)16-4;1-2-4-8-6(3-1)7-5-9-11-10-7;/h2*5,7-8H,1-4H3;1-5H;/q3*-1;. The van der Waals surface area contributed by atoms with Gasteiger partial charge in [0.05, 0.1) is 34.0 Å². The quantitative estimate of drug-likeness (QED) is 0.197. The predicted octanol–water partition coefficient (Wildman–Crippen LogP) is 3.55. The first-order valence-corrected chi connectivity index (χ1v) is 13.5. The molecule has 0 spiro atoms. The van der Waals surface area contributed by atoms with Crippen LogP contribution in [0.25, 0.3) is 22.8 Å². The molecule has 0 atom stereocenters. The van der Waals surface area contributed by atoms with Crippen LogP contribution >= 0.6 is 0 Å². The van der Waals surface area contributed by atoms with E-state index in [1.54, 1.807) is 26.6 Å². The van der Waals surface area contributed by atoms with Crippen molar-refractivity contribution < 1.29 is 38.7 Å². The third-order valence-corrected chi connectivity index (χ3v) is 7.00. The minimum absolute atomic E-state index is 0. The molecule has 231 valence electrons. The van der Waals surface area contributed by atoms with Gasteiger partial charge in [-0.1, -0.05) is 23.6 Å². The number of benzene rings is 2. The molecule has 0 fully saturated rings. The van der Waals surface area contributed by atoms with Crippen molar-refractivity contribution in [3.8, 4) is 34.3 Å². The molecule has 0 unspecified atom stereocenters. The fraction of sp³-hybridized carbons (Fsp3) is 0.242. The SMILES string of the molecule is COc1cc[c-]c(-n2[c-][n+](C)c(C)c2C)c1.COc1cc[c-]c(-n2[c-][n+](C)c(C)c2C)c1.[Ir].c1ccc(-c2cnn[n-]2)nc1. The molecule has 0 saturated heterocycles. The molecule has 6 aromatic rings. The maximum atomic E-state index is 5.20. The smallest absolute Gasteiger partial charge is 0.241 e. The van der Waals surface area contributed by atoms with E-state index < -0.39 is 0 Å². The van der Waals surface area contributed by atoms with Gasteiger partial charge < -0.3 is 37.9 Å². The molecule has 4 heterocycles. The Kier molecular flexibility index (Phi) is 12.1. The number of hydrogen-bond donors (Lipinski definition) is 0. The summed E-state index contributed by atoms with van der Waals surface area (Å²) in [5.41, 5.74) is 8.11. The molecular weight excluding hydrogens is 733 g/mol. The predicted molar refractivity (Wildman–Crippen MR) is 160 cm³/mol. The summed E-state index contributed by atoms with van der Waals surface area (Å²) in [4.78, 5) is 4.08. The number of hydrogen-bond acceptors (Lipinski definition) is 5. The fourth-order valence-electron chi connectivity index (χ4n) is 4.07. The number of aryl methyl sites for hydroxylation is 2.